The Morgan fingerprint density at radius 1 is 1.09 bits per heavy atom. The molecule has 0 saturated heterocycles. The van der Waals surface area contributed by atoms with Crippen LogP contribution in [-0.4, -0.2) is 32.1 Å². The van der Waals surface area contributed by atoms with Crippen LogP contribution >= 0.6 is 0 Å². The van der Waals surface area contributed by atoms with Crippen molar-refractivity contribution in [2.75, 3.05) is 20.3 Å². The second-order valence-corrected chi connectivity index (χ2v) is 4.61. The van der Waals surface area contributed by atoms with Gasteiger partial charge >= 0.3 is 0 Å². The number of ether oxygens (including phenoxy) is 2. The van der Waals surface area contributed by atoms with Crippen molar-refractivity contribution in [1.82, 2.24) is 5.32 Å². The number of carbonyl (C=O) groups is 1. The van der Waals surface area contributed by atoms with Crippen LogP contribution in [0.2, 0.25) is 0 Å². The van der Waals surface area contributed by atoms with Gasteiger partial charge in [-0.05, 0) is 36.4 Å². The predicted molar refractivity (Wildman–Crippen MR) is 88.9 cm³/mol. The first-order chi connectivity index (χ1) is 11.2. The van der Waals surface area contributed by atoms with E-state index < -0.39 is 0 Å². The number of nitrogens with one attached hydrogen (secondary N) is 1. The van der Waals surface area contributed by atoms with E-state index in [-0.39, 0.29) is 11.9 Å². The molecule has 0 spiro atoms. The Balaban J connectivity index is 1.78. The van der Waals surface area contributed by atoms with E-state index in [0.717, 1.165) is 5.75 Å². The van der Waals surface area contributed by atoms with Gasteiger partial charge in [0.25, 0.3) is 5.91 Å². The third kappa shape index (κ3) is 5.35. The quantitative estimate of drug-likeness (QED) is 0.484. The highest BCUT2D eigenvalue weighted by Gasteiger charge is 2.06. The zero-order valence-electron chi connectivity index (χ0n) is 12.9. The van der Waals surface area contributed by atoms with Crippen molar-refractivity contribution in [2.45, 2.75) is 0 Å². The van der Waals surface area contributed by atoms with Crippen LogP contribution in [0.25, 0.3) is 0 Å². The standard InChI is InChI=1S/C17H19N3O3/c1-22-14-9-7-13(8-10-14)16(21)20-17(18)19-11-12-23-15-5-3-2-4-6-15/h2-10H,11-12H2,1H3,(H3,18,19,20,21). The van der Waals surface area contributed by atoms with E-state index in [0.29, 0.717) is 24.5 Å². The average Bonchev–Trinajstić information content (AvgIpc) is 2.59. The summed E-state index contributed by atoms with van der Waals surface area (Å²) in [7, 11) is 1.57. The molecule has 0 heterocycles. The summed E-state index contributed by atoms with van der Waals surface area (Å²) in [5.41, 5.74) is 6.16. The first-order valence-corrected chi connectivity index (χ1v) is 7.12. The Morgan fingerprint density at radius 3 is 2.43 bits per heavy atom. The minimum atomic E-state index is -0.321. The number of hydrogen-bond donors (Lipinski definition) is 2. The molecular weight excluding hydrogens is 294 g/mol. The van der Waals surface area contributed by atoms with Crippen LogP contribution in [0.5, 0.6) is 11.5 Å². The average molecular weight is 313 g/mol. The molecule has 0 radical (unpaired) electrons. The van der Waals surface area contributed by atoms with Gasteiger partial charge in [-0.3, -0.25) is 10.1 Å². The molecule has 1 amide bonds. The second kappa shape index (κ2) is 8.43. The number of methoxy groups -OCH3 is 1. The first kappa shape index (κ1) is 16.4. The zero-order valence-corrected chi connectivity index (χ0v) is 12.9. The predicted octanol–water partition coefficient (Wildman–Crippen LogP) is 1.82. The lowest BCUT2D eigenvalue weighted by Gasteiger charge is -2.06. The molecule has 120 valence electrons. The highest BCUT2D eigenvalue weighted by atomic mass is 16.5. The van der Waals surface area contributed by atoms with Crippen LogP contribution in [0.15, 0.2) is 59.6 Å². The lowest BCUT2D eigenvalue weighted by atomic mass is 10.2. The normalized spacial score (nSPS) is 10.9. The van der Waals surface area contributed by atoms with Crippen molar-refractivity contribution in [3.8, 4) is 11.5 Å². The number of guanidine groups is 1. The fourth-order valence-corrected chi connectivity index (χ4v) is 1.82. The van der Waals surface area contributed by atoms with Crippen molar-refractivity contribution >= 4 is 11.9 Å². The van der Waals surface area contributed by atoms with Crippen LogP contribution in [-0.2, 0) is 0 Å². The smallest absolute Gasteiger partial charge is 0.257 e. The van der Waals surface area contributed by atoms with E-state index >= 15 is 0 Å². The molecular formula is C17H19N3O3. The summed E-state index contributed by atoms with van der Waals surface area (Å²) in [6.45, 7) is 0.729. The maximum Gasteiger partial charge on any atom is 0.257 e. The number of aliphatic imine (C=N–C) groups is 1. The zero-order chi connectivity index (χ0) is 16.5. The van der Waals surface area contributed by atoms with Gasteiger partial charge in [0.15, 0.2) is 5.96 Å². The maximum absolute atomic E-state index is 12.0. The molecule has 0 aliphatic heterocycles. The molecule has 0 fully saturated rings. The van der Waals surface area contributed by atoms with Crippen molar-refractivity contribution in [3.63, 3.8) is 0 Å². The summed E-state index contributed by atoms with van der Waals surface area (Å²) in [6, 6.07) is 16.1. The van der Waals surface area contributed by atoms with E-state index in [4.69, 9.17) is 15.2 Å². The van der Waals surface area contributed by atoms with Crippen LogP contribution in [0.4, 0.5) is 0 Å². The summed E-state index contributed by atoms with van der Waals surface area (Å²) in [6.07, 6.45) is 0. The lowest BCUT2D eigenvalue weighted by molar-refractivity contribution is 0.0976. The largest absolute Gasteiger partial charge is 0.497 e. The van der Waals surface area contributed by atoms with Crippen LogP contribution < -0.4 is 20.5 Å². The maximum atomic E-state index is 12.0. The van der Waals surface area contributed by atoms with Gasteiger partial charge in [0, 0.05) is 5.56 Å². The molecule has 0 aliphatic carbocycles. The molecule has 2 aromatic carbocycles. The summed E-state index contributed by atoms with van der Waals surface area (Å²) in [4.78, 5) is 16.0. The molecule has 0 saturated carbocycles. The Morgan fingerprint density at radius 2 is 1.78 bits per heavy atom. The van der Waals surface area contributed by atoms with E-state index in [1.807, 2.05) is 30.3 Å². The van der Waals surface area contributed by atoms with Gasteiger partial charge in [-0.1, -0.05) is 18.2 Å². The molecule has 3 N–H and O–H groups in total. The van der Waals surface area contributed by atoms with Gasteiger partial charge < -0.3 is 15.2 Å². The summed E-state index contributed by atoms with van der Waals surface area (Å²) in [5, 5.41) is 2.52. The fraction of sp³-hybridized carbons (Fsp3) is 0.176. The number of amides is 1. The molecule has 2 rings (SSSR count). The van der Waals surface area contributed by atoms with E-state index in [9.17, 15) is 4.79 Å². The fourth-order valence-electron chi connectivity index (χ4n) is 1.82. The molecule has 6 heteroatoms. The molecule has 0 bridgehead atoms. The molecule has 2 aromatic rings. The van der Waals surface area contributed by atoms with Crippen molar-refractivity contribution in [2.24, 2.45) is 10.7 Å². The highest BCUT2D eigenvalue weighted by molar-refractivity contribution is 6.05. The third-order valence-corrected chi connectivity index (χ3v) is 2.98. The van der Waals surface area contributed by atoms with Crippen molar-refractivity contribution < 1.29 is 14.3 Å². The SMILES string of the molecule is COc1ccc(C(=O)NC(N)=NCCOc2ccccc2)cc1. The van der Waals surface area contributed by atoms with Gasteiger partial charge in [0.2, 0.25) is 0 Å². The number of benzene rings is 2. The first-order valence-electron chi connectivity index (χ1n) is 7.12. The van der Waals surface area contributed by atoms with Gasteiger partial charge in [-0.25, -0.2) is 4.99 Å². The van der Waals surface area contributed by atoms with Crippen LogP contribution in [0.3, 0.4) is 0 Å². The Bertz CT molecular complexity index is 655. The number of para-hydroxylation sites is 1. The number of nitrogens with zero attached hydrogens (tertiary/aromatic N) is 1. The second-order valence-electron chi connectivity index (χ2n) is 4.61. The number of nitrogens with two attached hydrogens (primary N) is 1. The van der Waals surface area contributed by atoms with Gasteiger partial charge in [-0.15, -0.1) is 0 Å². The number of hydrogen-bond acceptors (Lipinski definition) is 4. The topological polar surface area (TPSA) is 85.9 Å². The third-order valence-electron chi connectivity index (χ3n) is 2.98. The van der Waals surface area contributed by atoms with Gasteiger partial charge in [-0.2, -0.15) is 0 Å². The van der Waals surface area contributed by atoms with Gasteiger partial charge in [0.05, 0.1) is 13.7 Å². The Hall–Kier alpha value is -3.02. The minimum Gasteiger partial charge on any atom is -0.497 e. The summed E-state index contributed by atoms with van der Waals surface area (Å²) >= 11 is 0. The molecule has 0 unspecified atom stereocenters. The molecule has 0 aliphatic rings. The number of rotatable bonds is 6. The van der Waals surface area contributed by atoms with Crippen molar-refractivity contribution in [3.05, 3.63) is 60.2 Å². The van der Waals surface area contributed by atoms with Crippen LogP contribution in [0, 0.1) is 0 Å². The Labute approximate surface area is 134 Å². The minimum absolute atomic E-state index is 0.0579. The van der Waals surface area contributed by atoms with E-state index in [2.05, 4.69) is 10.3 Å². The van der Waals surface area contributed by atoms with Gasteiger partial charge in [0.1, 0.15) is 18.1 Å². The lowest BCUT2D eigenvalue weighted by Crippen LogP contribution is -2.37. The van der Waals surface area contributed by atoms with E-state index in [1.54, 1.807) is 31.4 Å². The van der Waals surface area contributed by atoms with Crippen molar-refractivity contribution in [1.29, 1.82) is 0 Å². The van der Waals surface area contributed by atoms with E-state index in [1.165, 1.54) is 0 Å². The molecule has 6 nitrogen and oxygen atoms in total. The summed E-state index contributed by atoms with van der Waals surface area (Å²) in [5.74, 6) is 1.19. The monoisotopic (exact) mass is 313 g/mol. The molecule has 23 heavy (non-hydrogen) atoms. The number of carbonyl (C=O) groups excluding carboxylic acids is 1. The Kier molecular flexibility index (Phi) is 5.99. The van der Waals surface area contributed by atoms with Crippen LogP contribution in [0.1, 0.15) is 10.4 Å². The summed E-state index contributed by atoms with van der Waals surface area (Å²) < 4.78 is 10.5. The molecule has 0 aromatic heterocycles. The molecule has 0 atom stereocenters. The highest BCUT2D eigenvalue weighted by Crippen LogP contribution is 2.11.